The van der Waals surface area contributed by atoms with Crippen molar-refractivity contribution in [3.63, 3.8) is 0 Å². The molecule has 0 aliphatic rings. The number of carbonyl (C=O) groups excluding carboxylic acids is 1. The second kappa shape index (κ2) is 13.8. The molecule has 0 heterocycles. The number of nitrogens with one attached hydrogen (secondary N) is 1. The van der Waals surface area contributed by atoms with Crippen LogP contribution in [0.25, 0.3) is 0 Å². The molecule has 4 heteroatoms. The molecule has 102 valence electrons. The third kappa shape index (κ3) is 13.7. The first-order chi connectivity index (χ1) is 8.31. The first-order valence-electron chi connectivity index (χ1n) is 6.76. The van der Waals surface area contributed by atoms with E-state index in [-0.39, 0.29) is 12.5 Å². The molecule has 17 heavy (non-hydrogen) atoms. The molecule has 0 spiro atoms. The molecule has 0 aromatic carbocycles. The molecule has 2 N–H and O–H groups in total. The highest BCUT2D eigenvalue weighted by atomic mass is 32.2. The van der Waals surface area contributed by atoms with Crippen molar-refractivity contribution in [3.05, 3.63) is 0 Å². The Morgan fingerprint density at radius 1 is 1.12 bits per heavy atom. The van der Waals surface area contributed by atoms with Crippen LogP contribution < -0.4 is 5.32 Å². The average Bonchev–Trinajstić information content (AvgIpc) is 2.33. The van der Waals surface area contributed by atoms with E-state index in [1.807, 2.05) is 0 Å². The van der Waals surface area contributed by atoms with Crippen molar-refractivity contribution in [2.45, 2.75) is 51.9 Å². The fraction of sp³-hybridized carbons (Fsp3) is 0.923. The van der Waals surface area contributed by atoms with Gasteiger partial charge in [-0.2, -0.15) is 11.8 Å². The molecule has 0 radical (unpaired) electrons. The first kappa shape index (κ1) is 16.8. The van der Waals surface area contributed by atoms with Crippen molar-refractivity contribution < 1.29 is 9.90 Å². The van der Waals surface area contributed by atoms with Gasteiger partial charge in [-0.15, -0.1) is 0 Å². The molecule has 0 aromatic rings. The maximum absolute atomic E-state index is 11.4. The summed E-state index contributed by atoms with van der Waals surface area (Å²) in [4.78, 5) is 11.4. The fourth-order valence-electron chi connectivity index (χ4n) is 1.51. The minimum Gasteiger partial charge on any atom is -0.396 e. The van der Waals surface area contributed by atoms with Gasteiger partial charge in [0.2, 0.25) is 5.91 Å². The maximum atomic E-state index is 11.4. The van der Waals surface area contributed by atoms with Crippen molar-refractivity contribution in [2.75, 3.05) is 24.7 Å². The van der Waals surface area contributed by atoms with Gasteiger partial charge in [-0.3, -0.25) is 4.79 Å². The van der Waals surface area contributed by atoms with E-state index in [2.05, 4.69) is 12.2 Å². The maximum Gasteiger partial charge on any atom is 0.220 e. The number of hydrogen-bond donors (Lipinski definition) is 2. The van der Waals surface area contributed by atoms with Crippen molar-refractivity contribution >= 4 is 17.7 Å². The average molecular weight is 261 g/mol. The second-order valence-electron chi connectivity index (χ2n) is 4.20. The Balaban J connectivity index is 3.12. The smallest absolute Gasteiger partial charge is 0.220 e. The number of aliphatic hydroxyl groups excluding tert-OH is 1. The summed E-state index contributed by atoms with van der Waals surface area (Å²) < 4.78 is 0. The minimum atomic E-state index is 0.184. The normalized spacial score (nSPS) is 10.5. The van der Waals surface area contributed by atoms with Crippen LogP contribution in [0.3, 0.4) is 0 Å². The van der Waals surface area contributed by atoms with E-state index >= 15 is 0 Å². The van der Waals surface area contributed by atoms with Crippen molar-refractivity contribution in [2.24, 2.45) is 0 Å². The van der Waals surface area contributed by atoms with Crippen LogP contribution in [-0.4, -0.2) is 35.7 Å². The SMILES string of the molecule is CCCCCCCC(=O)NCCSCCCO. The molecule has 1 amide bonds. The zero-order chi connectivity index (χ0) is 12.8. The Hall–Kier alpha value is -0.220. The van der Waals surface area contributed by atoms with E-state index in [4.69, 9.17) is 5.11 Å². The number of carbonyl (C=O) groups is 1. The van der Waals surface area contributed by atoms with Crippen molar-refractivity contribution in [1.82, 2.24) is 5.32 Å². The minimum absolute atomic E-state index is 0.184. The number of rotatable bonds is 12. The Bertz CT molecular complexity index is 177. The molecule has 0 saturated carbocycles. The van der Waals surface area contributed by atoms with E-state index < -0.39 is 0 Å². The summed E-state index contributed by atoms with van der Waals surface area (Å²) in [6.07, 6.45) is 7.48. The molecule has 0 saturated heterocycles. The van der Waals surface area contributed by atoms with Crippen molar-refractivity contribution in [3.8, 4) is 0 Å². The summed E-state index contributed by atoms with van der Waals surface area (Å²) in [7, 11) is 0. The Morgan fingerprint density at radius 2 is 1.88 bits per heavy atom. The van der Waals surface area contributed by atoms with Crippen LogP contribution in [0.15, 0.2) is 0 Å². The van der Waals surface area contributed by atoms with Crippen LogP contribution in [0.2, 0.25) is 0 Å². The van der Waals surface area contributed by atoms with Gasteiger partial charge in [-0.05, 0) is 18.6 Å². The number of amides is 1. The monoisotopic (exact) mass is 261 g/mol. The van der Waals surface area contributed by atoms with Gasteiger partial charge in [0.05, 0.1) is 0 Å². The number of aliphatic hydroxyl groups is 1. The molecular weight excluding hydrogens is 234 g/mol. The lowest BCUT2D eigenvalue weighted by atomic mass is 10.1. The highest BCUT2D eigenvalue weighted by Gasteiger charge is 1.99. The molecule has 0 aromatic heterocycles. The largest absolute Gasteiger partial charge is 0.396 e. The van der Waals surface area contributed by atoms with Crippen molar-refractivity contribution in [1.29, 1.82) is 0 Å². The van der Waals surface area contributed by atoms with Gasteiger partial charge in [0.1, 0.15) is 0 Å². The first-order valence-corrected chi connectivity index (χ1v) is 7.92. The summed E-state index contributed by atoms with van der Waals surface area (Å²) in [6, 6.07) is 0. The molecule has 0 aliphatic heterocycles. The van der Waals surface area contributed by atoms with E-state index in [0.717, 1.165) is 30.9 Å². The van der Waals surface area contributed by atoms with E-state index in [1.165, 1.54) is 25.7 Å². The van der Waals surface area contributed by atoms with Crippen LogP contribution in [-0.2, 0) is 4.79 Å². The molecule has 0 fully saturated rings. The fourth-order valence-corrected chi connectivity index (χ4v) is 2.29. The lowest BCUT2D eigenvalue weighted by Crippen LogP contribution is -2.25. The van der Waals surface area contributed by atoms with Crippen LogP contribution >= 0.6 is 11.8 Å². The molecule has 0 atom stereocenters. The van der Waals surface area contributed by atoms with Crippen LogP contribution in [0.5, 0.6) is 0 Å². The molecule has 0 unspecified atom stereocenters. The summed E-state index contributed by atoms with van der Waals surface area (Å²) in [5.41, 5.74) is 0. The number of hydrogen-bond acceptors (Lipinski definition) is 3. The van der Waals surface area contributed by atoms with Gasteiger partial charge >= 0.3 is 0 Å². The Labute approximate surface area is 110 Å². The topological polar surface area (TPSA) is 49.3 Å². The number of thioether (sulfide) groups is 1. The lowest BCUT2D eigenvalue weighted by molar-refractivity contribution is -0.121. The van der Waals surface area contributed by atoms with Crippen LogP contribution in [0.1, 0.15) is 51.9 Å². The molecule has 0 bridgehead atoms. The summed E-state index contributed by atoms with van der Waals surface area (Å²) >= 11 is 1.78. The lowest BCUT2D eigenvalue weighted by Gasteiger charge is -2.04. The predicted molar refractivity (Wildman–Crippen MR) is 75.4 cm³/mol. The third-order valence-electron chi connectivity index (χ3n) is 2.52. The van der Waals surface area contributed by atoms with Crippen LogP contribution in [0, 0.1) is 0 Å². The highest BCUT2D eigenvalue weighted by Crippen LogP contribution is 2.05. The van der Waals surface area contributed by atoms with E-state index in [9.17, 15) is 4.79 Å². The Kier molecular flexibility index (Phi) is 13.7. The summed E-state index contributed by atoms with van der Waals surface area (Å²) in [6.45, 7) is 3.21. The van der Waals surface area contributed by atoms with Gasteiger partial charge in [-0.1, -0.05) is 32.6 Å². The van der Waals surface area contributed by atoms with Gasteiger partial charge < -0.3 is 10.4 Å². The third-order valence-corrected chi connectivity index (χ3v) is 3.59. The molecule has 0 rings (SSSR count). The molecule has 0 aliphatic carbocycles. The standard InChI is InChI=1S/C13H27NO2S/c1-2-3-4-5-6-8-13(16)14-9-12-17-11-7-10-15/h15H,2-12H2,1H3,(H,14,16). The quantitative estimate of drug-likeness (QED) is 0.531. The zero-order valence-corrected chi connectivity index (χ0v) is 11.9. The summed E-state index contributed by atoms with van der Waals surface area (Å²) in [5.74, 6) is 2.11. The molecular formula is C13H27NO2S. The molecule has 3 nitrogen and oxygen atoms in total. The summed E-state index contributed by atoms with van der Waals surface area (Å²) in [5, 5.41) is 11.5. The predicted octanol–water partition coefficient (Wildman–Crippen LogP) is 2.58. The van der Waals surface area contributed by atoms with E-state index in [0.29, 0.717) is 6.42 Å². The zero-order valence-electron chi connectivity index (χ0n) is 11.0. The second-order valence-corrected chi connectivity index (χ2v) is 5.43. The van der Waals surface area contributed by atoms with Gasteiger partial charge in [-0.25, -0.2) is 0 Å². The number of unbranched alkanes of at least 4 members (excludes halogenated alkanes) is 4. The van der Waals surface area contributed by atoms with E-state index in [1.54, 1.807) is 11.8 Å². The highest BCUT2D eigenvalue weighted by molar-refractivity contribution is 7.99. The Morgan fingerprint density at radius 3 is 2.59 bits per heavy atom. The van der Waals surface area contributed by atoms with Gasteiger partial charge in [0.25, 0.3) is 0 Å². The van der Waals surface area contributed by atoms with Gasteiger partial charge in [0, 0.05) is 25.3 Å². The van der Waals surface area contributed by atoms with Crippen LogP contribution in [0.4, 0.5) is 0 Å². The van der Waals surface area contributed by atoms with Gasteiger partial charge in [0.15, 0.2) is 0 Å².